The smallest absolute Gasteiger partial charge is 0.115 e. The fraction of sp³-hybridized carbons (Fsp3) is 0.318. The molecule has 0 bridgehead atoms. The summed E-state index contributed by atoms with van der Waals surface area (Å²) in [5.41, 5.74) is 2.10. The van der Waals surface area contributed by atoms with Crippen LogP contribution in [0.2, 0.25) is 0 Å². The van der Waals surface area contributed by atoms with E-state index in [2.05, 4.69) is 23.8 Å². The first-order valence-corrected chi connectivity index (χ1v) is 9.59. The number of aromatic nitrogens is 2. The lowest BCUT2D eigenvalue weighted by Gasteiger charge is -2.26. The lowest BCUT2D eigenvalue weighted by molar-refractivity contribution is 0.425. The van der Waals surface area contributed by atoms with Crippen LogP contribution in [0, 0.1) is 6.92 Å². The highest BCUT2D eigenvalue weighted by atomic mass is 35.5. The number of imidazole rings is 1. The zero-order valence-corrected chi connectivity index (χ0v) is 17.1. The molecule has 1 unspecified atom stereocenters. The fourth-order valence-corrected chi connectivity index (χ4v) is 2.60. The van der Waals surface area contributed by atoms with Crippen LogP contribution in [0.3, 0.4) is 0 Å². The van der Waals surface area contributed by atoms with Crippen molar-refractivity contribution in [2.24, 2.45) is 0 Å². The molecule has 1 fully saturated rings. The summed E-state index contributed by atoms with van der Waals surface area (Å²) < 4.78 is 4.73. The summed E-state index contributed by atoms with van der Waals surface area (Å²) >= 11 is 5.27. The molecular formula is C22H27ClN2O3. The van der Waals surface area contributed by atoms with Crippen LogP contribution in [-0.2, 0) is 10.2 Å². The van der Waals surface area contributed by atoms with Gasteiger partial charge in [0.05, 0.1) is 18.6 Å². The van der Waals surface area contributed by atoms with Crippen molar-refractivity contribution in [1.29, 1.82) is 0 Å². The quantitative estimate of drug-likeness (QED) is 0.435. The average molecular weight is 403 g/mol. The molecule has 3 N–H and O–H groups in total. The average Bonchev–Trinajstić information content (AvgIpc) is 3.41. The number of epoxide rings is 1. The third kappa shape index (κ3) is 6.91. The minimum absolute atomic E-state index is 0.151. The van der Waals surface area contributed by atoms with Crippen LogP contribution in [0.4, 0.5) is 0 Å². The zero-order valence-electron chi connectivity index (χ0n) is 16.4. The van der Waals surface area contributed by atoms with Crippen LogP contribution in [0.5, 0.6) is 11.5 Å². The van der Waals surface area contributed by atoms with Gasteiger partial charge in [-0.2, -0.15) is 0 Å². The Hall–Kier alpha value is -2.50. The third-order valence-electron chi connectivity index (χ3n) is 4.39. The Labute approximate surface area is 171 Å². The van der Waals surface area contributed by atoms with Gasteiger partial charge >= 0.3 is 0 Å². The predicted molar refractivity (Wildman–Crippen MR) is 112 cm³/mol. The summed E-state index contributed by atoms with van der Waals surface area (Å²) in [5, 5.41) is 18.6. The van der Waals surface area contributed by atoms with Crippen molar-refractivity contribution in [1.82, 2.24) is 9.97 Å². The highest BCUT2D eigenvalue weighted by molar-refractivity contribution is 6.18. The Kier molecular flexibility index (Phi) is 7.91. The molecule has 0 radical (unpaired) electrons. The Bertz CT molecular complexity index is 765. The molecule has 150 valence electrons. The second-order valence-corrected chi connectivity index (χ2v) is 7.31. The Morgan fingerprint density at radius 1 is 1.04 bits per heavy atom. The highest BCUT2D eigenvalue weighted by Crippen LogP contribution is 2.32. The van der Waals surface area contributed by atoms with Crippen molar-refractivity contribution < 1.29 is 14.9 Å². The van der Waals surface area contributed by atoms with Gasteiger partial charge in [0.25, 0.3) is 0 Å². The van der Waals surface area contributed by atoms with Gasteiger partial charge in [0.1, 0.15) is 17.3 Å². The number of hydrogen-bond donors (Lipinski definition) is 3. The lowest BCUT2D eigenvalue weighted by Crippen LogP contribution is -2.18. The zero-order chi connectivity index (χ0) is 20.6. The summed E-state index contributed by atoms with van der Waals surface area (Å²) in [6.07, 6.45) is 3.93. The van der Waals surface area contributed by atoms with Gasteiger partial charge in [-0.3, -0.25) is 0 Å². The number of aromatic hydroxyl groups is 2. The van der Waals surface area contributed by atoms with E-state index in [9.17, 15) is 10.2 Å². The lowest BCUT2D eigenvalue weighted by atomic mass is 9.78. The van der Waals surface area contributed by atoms with Gasteiger partial charge in [0.2, 0.25) is 0 Å². The first-order chi connectivity index (χ1) is 13.3. The van der Waals surface area contributed by atoms with Crippen molar-refractivity contribution in [3.63, 3.8) is 0 Å². The molecule has 4 rings (SSSR count). The summed E-state index contributed by atoms with van der Waals surface area (Å²) in [5.74, 6) is 2.18. The van der Waals surface area contributed by atoms with Crippen molar-refractivity contribution in [2.75, 3.05) is 12.5 Å². The Morgan fingerprint density at radius 2 is 1.50 bits per heavy atom. The number of nitrogens with one attached hydrogen (secondary N) is 1. The SMILES string of the molecule is CC(C)(c1ccc(O)cc1)c1ccc(O)cc1.Cc1ncc[nH]1.ClCC1CO1. The fourth-order valence-electron chi connectivity index (χ4n) is 2.42. The van der Waals surface area contributed by atoms with Crippen molar-refractivity contribution in [2.45, 2.75) is 32.3 Å². The van der Waals surface area contributed by atoms with E-state index in [1.54, 1.807) is 36.7 Å². The van der Waals surface area contributed by atoms with Gasteiger partial charge in [-0.15, -0.1) is 11.6 Å². The predicted octanol–water partition coefficient (Wildman–Crippen LogP) is 4.77. The number of halogens is 1. The second-order valence-electron chi connectivity index (χ2n) is 7.00. The number of rotatable bonds is 3. The topological polar surface area (TPSA) is 81.7 Å². The number of aromatic amines is 1. The molecular weight excluding hydrogens is 376 g/mol. The normalized spacial score (nSPS) is 14.9. The van der Waals surface area contributed by atoms with Crippen molar-refractivity contribution in [3.8, 4) is 11.5 Å². The summed E-state index contributed by atoms with van der Waals surface area (Å²) in [7, 11) is 0. The van der Waals surface area contributed by atoms with Crippen LogP contribution in [0.25, 0.3) is 0 Å². The Morgan fingerprint density at radius 3 is 1.71 bits per heavy atom. The molecule has 1 aliphatic heterocycles. The van der Waals surface area contributed by atoms with Crippen LogP contribution in [0.1, 0.15) is 30.8 Å². The maximum atomic E-state index is 9.30. The standard InChI is InChI=1S/C15H16O2.C4H6N2.C3H5ClO/c1-15(2,11-3-7-13(16)8-4-11)12-5-9-14(17)10-6-12;1-4-5-2-3-6-4;4-1-3-2-5-3/h3-10,16-17H,1-2H3;2-3H,1H3,(H,5,6);3H,1-2H2. The van der Waals surface area contributed by atoms with E-state index in [-0.39, 0.29) is 16.9 Å². The number of alkyl halides is 1. The van der Waals surface area contributed by atoms with E-state index in [1.165, 1.54) is 0 Å². The van der Waals surface area contributed by atoms with Gasteiger partial charge in [-0.05, 0) is 42.3 Å². The molecule has 1 saturated heterocycles. The highest BCUT2D eigenvalue weighted by Gasteiger charge is 2.22. The van der Waals surface area contributed by atoms with E-state index >= 15 is 0 Å². The molecule has 2 heterocycles. The molecule has 1 atom stereocenters. The summed E-state index contributed by atoms with van der Waals surface area (Å²) in [6, 6.07) is 14.4. The van der Waals surface area contributed by atoms with Crippen LogP contribution in [0.15, 0.2) is 60.9 Å². The number of nitrogens with zero attached hydrogens (tertiary/aromatic N) is 1. The summed E-state index contributed by atoms with van der Waals surface area (Å²) in [4.78, 5) is 6.75. The van der Waals surface area contributed by atoms with Crippen molar-refractivity contribution in [3.05, 3.63) is 77.9 Å². The van der Waals surface area contributed by atoms with Crippen LogP contribution in [-0.4, -0.2) is 38.8 Å². The molecule has 1 aliphatic rings. The molecule has 5 nitrogen and oxygen atoms in total. The number of benzene rings is 2. The van der Waals surface area contributed by atoms with E-state index in [1.807, 2.05) is 31.2 Å². The minimum atomic E-state index is -0.151. The molecule has 2 aromatic carbocycles. The molecule has 1 aromatic heterocycles. The van der Waals surface area contributed by atoms with Gasteiger partial charge in [0, 0.05) is 17.8 Å². The van der Waals surface area contributed by atoms with Gasteiger partial charge in [-0.1, -0.05) is 38.1 Å². The van der Waals surface area contributed by atoms with E-state index in [4.69, 9.17) is 16.3 Å². The van der Waals surface area contributed by atoms with Crippen LogP contribution >= 0.6 is 11.6 Å². The first-order valence-electron chi connectivity index (χ1n) is 9.05. The first kappa shape index (κ1) is 21.8. The monoisotopic (exact) mass is 402 g/mol. The molecule has 0 amide bonds. The Balaban J connectivity index is 0.000000206. The molecule has 6 heteroatoms. The van der Waals surface area contributed by atoms with Gasteiger partial charge in [-0.25, -0.2) is 4.98 Å². The largest absolute Gasteiger partial charge is 0.508 e. The van der Waals surface area contributed by atoms with Crippen LogP contribution < -0.4 is 0 Å². The number of aryl methyl sites for hydroxylation is 1. The van der Waals surface area contributed by atoms with Gasteiger partial charge in [0.15, 0.2) is 0 Å². The molecule has 0 aliphatic carbocycles. The van der Waals surface area contributed by atoms with Crippen molar-refractivity contribution >= 4 is 11.6 Å². The maximum Gasteiger partial charge on any atom is 0.115 e. The van der Waals surface area contributed by atoms with E-state index in [0.717, 1.165) is 23.6 Å². The molecule has 0 spiro atoms. The number of phenolic OH excluding ortho intramolecular Hbond substituents is 2. The number of hydrogen-bond acceptors (Lipinski definition) is 4. The maximum absolute atomic E-state index is 9.30. The number of phenols is 2. The minimum Gasteiger partial charge on any atom is -0.508 e. The number of H-pyrrole nitrogens is 1. The molecule has 0 saturated carbocycles. The van der Waals surface area contributed by atoms with E-state index < -0.39 is 0 Å². The molecule has 3 aromatic rings. The summed E-state index contributed by atoms with van der Waals surface area (Å²) in [6.45, 7) is 7.03. The third-order valence-corrected chi connectivity index (χ3v) is 4.73. The van der Waals surface area contributed by atoms with E-state index in [0.29, 0.717) is 12.0 Å². The van der Waals surface area contributed by atoms with Gasteiger partial charge < -0.3 is 19.9 Å². The second kappa shape index (κ2) is 10.2. The number of ether oxygens (including phenoxy) is 1. The molecule has 28 heavy (non-hydrogen) atoms.